The Balaban J connectivity index is 1.63. The van der Waals surface area contributed by atoms with Crippen LogP contribution in [-0.2, 0) is 0 Å². The number of benzene rings is 8. The first-order valence-corrected chi connectivity index (χ1v) is 11.9. The summed E-state index contributed by atoms with van der Waals surface area (Å²) in [5, 5.41) is -4.06. The summed E-state index contributed by atoms with van der Waals surface area (Å²) >= 11 is 0. The molecule has 0 unspecified atom stereocenters. The maximum absolute atomic E-state index is 9.37. The van der Waals surface area contributed by atoms with Crippen molar-refractivity contribution in [2.45, 2.75) is 0 Å². The molecule has 0 N–H and O–H groups in total. The number of hydrogen-bond donors (Lipinski definition) is 0. The van der Waals surface area contributed by atoms with Crippen molar-refractivity contribution >= 4 is 43.1 Å². The van der Waals surface area contributed by atoms with Gasteiger partial charge < -0.3 is 0 Å². The van der Waals surface area contributed by atoms with Gasteiger partial charge in [0.25, 0.3) is 0 Å². The SMILES string of the molecule is [2H]c1cc(-c2c3c([2H])c([2H])c([2H])c([2H])c3c(-c3c([2H])c([2H])c4c([2H])c([2H])c([2H])c([2H])c4c3[2H])c3c([2H])c([2H])c([2H])c([2H])c23)cc([2H])c1-c1c([2H])c([2H])c([2H])c2c([2H])c([2H])c([2H])c([2H])c12. The molecule has 8 aromatic carbocycles. The van der Waals surface area contributed by atoms with Crippen LogP contribution in [0.2, 0.25) is 0 Å². The largest absolute Gasteiger partial charge is 0.0636 e. The maximum atomic E-state index is 9.37. The number of rotatable bonds is 3. The quantitative estimate of drug-likeness (QED) is 0.199. The second-order valence-corrected chi connectivity index (χ2v) is 8.66. The molecule has 8 aromatic rings. The van der Waals surface area contributed by atoms with E-state index in [1.54, 1.807) is 0 Å². The van der Waals surface area contributed by atoms with Gasteiger partial charge in [0, 0.05) is 0 Å². The highest BCUT2D eigenvalue weighted by Crippen LogP contribution is 2.44. The van der Waals surface area contributed by atoms with Gasteiger partial charge in [0.1, 0.15) is 0 Å². The zero-order valence-corrected chi connectivity index (χ0v) is 20.2. The summed E-state index contributed by atoms with van der Waals surface area (Å²) in [7, 11) is 0. The van der Waals surface area contributed by atoms with Crippen molar-refractivity contribution in [2.75, 3.05) is 0 Å². The van der Waals surface area contributed by atoms with E-state index < -0.39 is 216 Å². The average molecular weight is 531 g/mol. The summed E-state index contributed by atoms with van der Waals surface area (Å²) in [5.74, 6) is 0. The molecule has 0 heteroatoms. The van der Waals surface area contributed by atoms with E-state index in [0.717, 1.165) is 12.1 Å². The van der Waals surface area contributed by atoms with Crippen LogP contribution in [0.4, 0.5) is 0 Å². The van der Waals surface area contributed by atoms with Gasteiger partial charge in [0.15, 0.2) is 0 Å². The van der Waals surface area contributed by atoms with Gasteiger partial charge in [-0.15, -0.1) is 0 Å². The van der Waals surface area contributed by atoms with Crippen LogP contribution in [0.5, 0.6) is 0 Å². The van der Waals surface area contributed by atoms with Crippen molar-refractivity contribution in [3.05, 3.63) is 157 Å². The Bertz CT molecular complexity index is 3430. The Hall–Kier alpha value is -5.20. The van der Waals surface area contributed by atoms with E-state index in [4.69, 9.17) is 21.9 Å². The van der Waals surface area contributed by atoms with E-state index in [-0.39, 0.29) is 5.56 Å². The third-order valence-corrected chi connectivity index (χ3v) is 6.47. The van der Waals surface area contributed by atoms with Crippen LogP contribution in [0.15, 0.2) is 157 Å². The number of fused-ring (bicyclic) bond motifs is 4. The van der Waals surface area contributed by atoms with Crippen molar-refractivity contribution in [3.63, 3.8) is 0 Å². The molecule has 0 saturated heterocycles. The van der Waals surface area contributed by atoms with E-state index in [1.165, 1.54) is 0 Å². The summed E-state index contributed by atoms with van der Waals surface area (Å²) in [5.41, 5.74) is -2.83. The summed E-state index contributed by atoms with van der Waals surface area (Å²) in [4.78, 5) is 0. The van der Waals surface area contributed by atoms with Gasteiger partial charge >= 0.3 is 0 Å². The van der Waals surface area contributed by atoms with Gasteiger partial charge in [-0.25, -0.2) is 0 Å². The Morgan fingerprint density at radius 3 is 1.48 bits per heavy atom. The predicted octanol–water partition coefficient (Wildman–Crippen LogP) is 11.3. The van der Waals surface area contributed by atoms with E-state index in [0.29, 0.717) is 0 Å². The molecule has 0 saturated carbocycles. The van der Waals surface area contributed by atoms with Crippen LogP contribution >= 0.6 is 0 Å². The third kappa shape index (κ3) is 3.61. The second-order valence-electron chi connectivity index (χ2n) is 8.66. The molecule has 0 heterocycles. The molecule has 0 spiro atoms. The molecule has 0 nitrogen and oxygen atoms in total. The van der Waals surface area contributed by atoms with Crippen molar-refractivity contribution in [1.82, 2.24) is 0 Å². The summed E-state index contributed by atoms with van der Waals surface area (Å²) in [6.45, 7) is 0. The molecule has 0 amide bonds. The van der Waals surface area contributed by atoms with Crippen molar-refractivity contribution in [3.8, 4) is 33.4 Å². The average Bonchev–Trinajstić information content (AvgIpc) is 3.25. The lowest BCUT2D eigenvalue weighted by atomic mass is 9.85. The topological polar surface area (TPSA) is 0 Å². The van der Waals surface area contributed by atoms with Gasteiger partial charge in [-0.05, 0) is 82.5 Å². The highest BCUT2D eigenvalue weighted by Gasteiger charge is 2.17. The Morgan fingerprint density at radius 2 is 0.825 bits per heavy atom. The third-order valence-electron chi connectivity index (χ3n) is 6.47. The molecule has 40 heavy (non-hydrogen) atoms. The molecule has 0 aliphatic rings. The highest BCUT2D eigenvalue weighted by atomic mass is 14.2. The fraction of sp³-hybridized carbons (Fsp3) is 0. The normalized spacial score (nSPS) is 19.9. The maximum Gasteiger partial charge on any atom is 0.0636 e. The van der Waals surface area contributed by atoms with Crippen molar-refractivity contribution in [2.24, 2.45) is 0 Å². The molecule has 0 aliphatic carbocycles. The highest BCUT2D eigenvalue weighted by molar-refractivity contribution is 6.21. The van der Waals surface area contributed by atoms with E-state index >= 15 is 0 Å². The first kappa shape index (κ1) is 9.18. The summed E-state index contributed by atoms with van der Waals surface area (Å²) < 4.78 is 211. The number of hydrogen-bond acceptors (Lipinski definition) is 0. The van der Waals surface area contributed by atoms with Crippen molar-refractivity contribution < 1.29 is 32.9 Å². The Kier molecular flexibility index (Phi) is 2.12. The lowest BCUT2D eigenvalue weighted by Gasteiger charge is -2.18. The van der Waals surface area contributed by atoms with E-state index in [1.807, 2.05) is 0 Å². The van der Waals surface area contributed by atoms with Crippen LogP contribution in [0, 0.1) is 0 Å². The Labute approximate surface area is 267 Å². The summed E-state index contributed by atoms with van der Waals surface area (Å²) in [6, 6.07) is -16.9. The zero-order valence-electron chi connectivity index (χ0n) is 44.2. The van der Waals surface area contributed by atoms with E-state index in [9.17, 15) is 11.0 Å². The fourth-order valence-corrected chi connectivity index (χ4v) is 4.74. The predicted molar refractivity (Wildman–Crippen MR) is 173 cm³/mol. The molecular weight excluding hydrogens is 480 g/mol. The smallest absolute Gasteiger partial charge is 0.0616 e. The van der Waals surface area contributed by atoms with Gasteiger partial charge in [0.2, 0.25) is 0 Å². The molecule has 186 valence electrons. The van der Waals surface area contributed by atoms with Crippen LogP contribution in [0.1, 0.15) is 32.9 Å². The molecule has 0 bridgehead atoms. The van der Waals surface area contributed by atoms with Gasteiger partial charge in [-0.3, -0.25) is 0 Å². The standard InChI is InChI=1S/C40H26/c1-2-12-31-26-32(25-20-27(31)10-1)40-37-17-7-5-15-35(37)39(36-16-6-8-18-38(36)40)30-23-21-29(22-24-30)34-19-9-13-28-11-3-4-14-33(28)34/h1-26H/i1D,2D,3D,4D,5D,6D,7D,8D,9D,10D,11D,12D,13D,14D,15D,16D,17D,18D,19D,20D,21D,22D,25D,26D. The van der Waals surface area contributed by atoms with Crippen LogP contribution < -0.4 is 0 Å². The molecule has 8 rings (SSSR count). The minimum Gasteiger partial charge on any atom is -0.0616 e. The van der Waals surface area contributed by atoms with Crippen LogP contribution in [-0.4, -0.2) is 0 Å². The van der Waals surface area contributed by atoms with Crippen LogP contribution in [0.25, 0.3) is 76.5 Å². The first-order valence-electron chi connectivity index (χ1n) is 23.9. The molecule has 0 fully saturated rings. The van der Waals surface area contributed by atoms with E-state index in [2.05, 4.69) is 0 Å². The molecule has 0 aromatic heterocycles. The zero-order chi connectivity index (χ0) is 47.4. The molecular formula is C40H26. The minimum absolute atomic E-state index is 0.276. The minimum atomic E-state index is -0.882. The molecule has 0 radical (unpaired) electrons. The lowest BCUT2D eigenvalue weighted by Crippen LogP contribution is -1.91. The fourth-order valence-electron chi connectivity index (χ4n) is 4.74. The molecule has 0 aliphatic heterocycles. The van der Waals surface area contributed by atoms with Gasteiger partial charge in [-0.2, -0.15) is 0 Å². The Morgan fingerprint density at radius 1 is 0.325 bits per heavy atom. The second kappa shape index (κ2) is 9.22. The van der Waals surface area contributed by atoms with Gasteiger partial charge in [0.05, 0.1) is 32.9 Å². The van der Waals surface area contributed by atoms with Crippen molar-refractivity contribution in [1.29, 1.82) is 0 Å². The lowest BCUT2D eigenvalue weighted by molar-refractivity contribution is 1.63. The van der Waals surface area contributed by atoms with Crippen LogP contribution in [0.3, 0.4) is 0 Å². The van der Waals surface area contributed by atoms with Gasteiger partial charge in [-0.1, -0.05) is 151 Å². The monoisotopic (exact) mass is 530 g/mol. The molecule has 0 atom stereocenters. The first-order chi connectivity index (χ1) is 29.8. The summed E-state index contributed by atoms with van der Waals surface area (Å²) in [6.07, 6.45) is 0.